The van der Waals surface area contributed by atoms with Crippen molar-refractivity contribution in [1.82, 2.24) is 9.78 Å². The standard InChI is InChI=1S/C20H13Cl2FN2O3/c1-10-4-17(20(26)27)24-25(10)9-12-6-14(22)5-11-7-18(28-19(11)12)15-3-2-13(21)8-16(15)23/h2-8H,9H2,1H3,(H,26,27). The lowest BCUT2D eigenvalue weighted by atomic mass is 10.1. The first-order valence-corrected chi connectivity index (χ1v) is 9.02. The molecule has 0 atom stereocenters. The van der Waals surface area contributed by atoms with Crippen molar-refractivity contribution in [3.63, 3.8) is 0 Å². The summed E-state index contributed by atoms with van der Waals surface area (Å²) in [5.74, 6) is -1.25. The van der Waals surface area contributed by atoms with Crippen molar-refractivity contribution in [3.05, 3.63) is 75.3 Å². The summed E-state index contributed by atoms with van der Waals surface area (Å²) < 4.78 is 21.8. The van der Waals surface area contributed by atoms with Gasteiger partial charge in [-0.25, -0.2) is 9.18 Å². The van der Waals surface area contributed by atoms with Gasteiger partial charge in [-0.2, -0.15) is 5.10 Å². The maximum atomic E-state index is 14.3. The van der Waals surface area contributed by atoms with Crippen LogP contribution in [-0.4, -0.2) is 20.9 Å². The molecule has 0 bridgehead atoms. The molecular weight excluding hydrogens is 406 g/mol. The summed E-state index contributed by atoms with van der Waals surface area (Å²) in [7, 11) is 0. The number of aromatic nitrogens is 2. The van der Waals surface area contributed by atoms with Crippen molar-refractivity contribution >= 4 is 40.1 Å². The average molecular weight is 419 g/mol. The van der Waals surface area contributed by atoms with E-state index in [1.807, 2.05) is 0 Å². The fourth-order valence-corrected chi connectivity index (χ4v) is 3.47. The molecule has 142 valence electrons. The Kier molecular flexibility index (Phi) is 4.61. The molecule has 0 fully saturated rings. The van der Waals surface area contributed by atoms with Crippen LogP contribution >= 0.6 is 23.2 Å². The molecule has 2 aromatic carbocycles. The summed E-state index contributed by atoms with van der Waals surface area (Å²) >= 11 is 12.1. The molecule has 1 N–H and O–H groups in total. The maximum Gasteiger partial charge on any atom is 0.356 e. The van der Waals surface area contributed by atoms with Gasteiger partial charge >= 0.3 is 5.97 Å². The number of nitrogens with zero attached hydrogens (tertiary/aromatic N) is 2. The van der Waals surface area contributed by atoms with Gasteiger partial charge < -0.3 is 9.52 Å². The molecule has 0 aliphatic carbocycles. The average Bonchev–Trinajstić information content (AvgIpc) is 3.19. The van der Waals surface area contributed by atoms with Gasteiger partial charge in [0.15, 0.2) is 5.69 Å². The van der Waals surface area contributed by atoms with E-state index in [-0.39, 0.29) is 17.8 Å². The van der Waals surface area contributed by atoms with Crippen molar-refractivity contribution < 1.29 is 18.7 Å². The SMILES string of the molecule is Cc1cc(C(=O)O)nn1Cc1cc(Cl)cc2cc(-c3ccc(Cl)cc3F)oc12. The number of furan rings is 1. The third-order valence-electron chi connectivity index (χ3n) is 4.37. The minimum atomic E-state index is -1.10. The van der Waals surface area contributed by atoms with Gasteiger partial charge in [0.1, 0.15) is 17.2 Å². The molecule has 2 heterocycles. The second kappa shape index (κ2) is 6.96. The first kappa shape index (κ1) is 18.5. The number of halogens is 3. The fraction of sp³-hybridized carbons (Fsp3) is 0.100. The first-order chi connectivity index (χ1) is 13.3. The summed E-state index contributed by atoms with van der Waals surface area (Å²) in [5, 5.41) is 14.7. The van der Waals surface area contributed by atoms with Crippen LogP contribution in [0.15, 0.2) is 46.9 Å². The zero-order chi connectivity index (χ0) is 20.0. The van der Waals surface area contributed by atoms with Crippen LogP contribution in [0.4, 0.5) is 4.39 Å². The van der Waals surface area contributed by atoms with Gasteiger partial charge in [0.05, 0.1) is 12.1 Å². The Hall–Kier alpha value is -2.83. The topological polar surface area (TPSA) is 68.3 Å². The zero-order valence-corrected chi connectivity index (χ0v) is 16.1. The highest BCUT2D eigenvalue weighted by Crippen LogP contribution is 2.34. The molecule has 0 unspecified atom stereocenters. The van der Waals surface area contributed by atoms with Gasteiger partial charge in [-0.05, 0) is 49.4 Å². The van der Waals surface area contributed by atoms with Crippen molar-refractivity contribution in [2.45, 2.75) is 13.5 Å². The molecule has 0 aliphatic heterocycles. The molecule has 4 aromatic rings. The largest absolute Gasteiger partial charge is 0.476 e. The molecular formula is C20H13Cl2FN2O3. The Morgan fingerprint density at radius 2 is 1.96 bits per heavy atom. The Labute approximate surface area is 168 Å². The zero-order valence-electron chi connectivity index (χ0n) is 14.5. The van der Waals surface area contributed by atoms with Crippen molar-refractivity contribution in [2.75, 3.05) is 0 Å². The highest BCUT2D eigenvalue weighted by Gasteiger charge is 2.17. The van der Waals surface area contributed by atoms with Crippen LogP contribution < -0.4 is 0 Å². The van der Waals surface area contributed by atoms with Gasteiger partial charge in [0.25, 0.3) is 0 Å². The molecule has 0 spiro atoms. The number of carbonyl (C=O) groups is 1. The van der Waals surface area contributed by atoms with Gasteiger partial charge in [0.2, 0.25) is 0 Å². The maximum absolute atomic E-state index is 14.3. The van der Waals surface area contributed by atoms with Crippen LogP contribution in [0.2, 0.25) is 10.0 Å². The van der Waals surface area contributed by atoms with E-state index in [0.29, 0.717) is 38.0 Å². The predicted octanol–water partition coefficient (Wildman–Crippen LogP) is 5.80. The number of hydrogen-bond donors (Lipinski definition) is 1. The normalized spacial score (nSPS) is 11.3. The second-order valence-electron chi connectivity index (χ2n) is 6.35. The van der Waals surface area contributed by atoms with Crippen molar-refractivity contribution in [3.8, 4) is 11.3 Å². The predicted molar refractivity (Wildman–Crippen MR) is 105 cm³/mol. The van der Waals surface area contributed by atoms with Crippen molar-refractivity contribution in [1.29, 1.82) is 0 Å². The minimum Gasteiger partial charge on any atom is -0.476 e. The molecule has 4 rings (SSSR count). The molecule has 8 heteroatoms. The Bertz CT molecular complexity index is 1230. The van der Waals surface area contributed by atoms with E-state index in [1.165, 1.54) is 12.1 Å². The number of rotatable bonds is 4. The number of aromatic carboxylic acids is 1. The summed E-state index contributed by atoms with van der Waals surface area (Å²) in [6.07, 6.45) is 0. The minimum absolute atomic E-state index is 0.0425. The molecule has 0 aliphatic rings. The van der Waals surface area contributed by atoms with E-state index >= 15 is 0 Å². The van der Waals surface area contributed by atoms with Crippen LogP contribution in [-0.2, 0) is 6.54 Å². The van der Waals surface area contributed by atoms with E-state index < -0.39 is 11.8 Å². The lowest BCUT2D eigenvalue weighted by molar-refractivity contribution is 0.0689. The Morgan fingerprint density at radius 1 is 1.18 bits per heavy atom. The highest BCUT2D eigenvalue weighted by atomic mass is 35.5. The van der Waals surface area contributed by atoms with Crippen LogP contribution in [0, 0.1) is 12.7 Å². The lowest BCUT2D eigenvalue weighted by Crippen LogP contribution is -2.06. The summed E-state index contributed by atoms with van der Waals surface area (Å²) in [6, 6.07) is 11.0. The summed E-state index contributed by atoms with van der Waals surface area (Å²) in [5.41, 5.74) is 2.15. The number of carboxylic acid groups (broad SMARTS) is 1. The van der Waals surface area contributed by atoms with Crippen molar-refractivity contribution in [2.24, 2.45) is 0 Å². The van der Waals surface area contributed by atoms with E-state index in [4.69, 9.17) is 32.7 Å². The van der Waals surface area contributed by atoms with Gasteiger partial charge in [-0.3, -0.25) is 4.68 Å². The van der Waals surface area contributed by atoms with Crippen LogP contribution in [0.5, 0.6) is 0 Å². The van der Waals surface area contributed by atoms with E-state index in [0.717, 1.165) is 0 Å². The molecule has 0 radical (unpaired) electrons. The van der Waals surface area contributed by atoms with E-state index in [9.17, 15) is 9.18 Å². The molecule has 0 amide bonds. The van der Waals surface area contributed by atoms with Crippen LogP contribution in [0.3, 0.4) is 0 Å². The molecule has 5 nitrogen and oxygen atoms in total. The molecule has 0 saturated carbocycles. The van der Waals surface area contributed by atoms with Gasteiger partial charge in [0, 0.05) is 26.7 Å². The number of hydrogen-bond acceptors (Lipinski definition) is 3. The molecule has 2 aromatic heterocycles. The van der Waals surface area contributed by atoms with Gasteiger partial charge in [-0.1, -0.05) is 23.2 Å². The van der Waals surface area contributed by atoms with Gasteiger partial charge in [-0.15, -0.1) is 0 Å². The Morgan fingerprint density at radius 3 is 2.64 bits per heavy atom. The second-order valence-corrected chi connectivity index (χ2v) is 7.22. The molecule has 0 saturated heterocycles. The quantitative estimate of drug-likeness (QED) is 0.454. The third kappa shape index (κ3) is 3.37. The lowest BCUT2D eigenvalue weighted by Gasteiger charge is -2.06. The summed E-state index contributed by atoms with van der Waals surface area (Å²) in [6.45, 7) is 2.02. The van der Waals surface area contributed by atoms with E-state index in [2.05, 4.69) is 5.10 Å². The Balaban J connectivity index is 1.81. The highest BCUT2D eigenvalue weighted by molar-refractivity contribution is 6.31. The van der Waals surface area contributed by atoms with Crippen LogP contribution in [0.1, 0.15) is 21.7 Å². The van der Waals surface area contributed by atoms with E-state index in [1.54, 1.807) is 41.9 Å². The number of fused-ring (bicyclic) bond motifs is 1. The van der Waals surface area contributed by atoms with Crippen LogP contribution in [0.25, 0.3) is 22.3 Å². The number of benzene rings is 2. The number of carboxylic acids is 1. The first-order valence-electron chi connectivity index (χ1n) is 8.27. The smallest absolute Gasteiger partial charge is 0.356 e. The molecule has 28 heavy (non-hydrogen) atoms. The third-order valence-corrected chi connectivity index (χ3v) is 4.83. The fourth-order valence-electron chi connectivity index (χ4n) is 3.06. The monoisotopic (exact) mass is 418 g/mol. The summed E-state index contributed by atoms with van der Waals surface area (Å²) in [4.78, 5) is 11.1. The number of aryl methyl sites for hydroxylation is 1.